The molecule has 0 atom stereocenters. The molecule has 1 fully saturated rings. The van der Waals surface area contributed by atoms with Gasteiger partial charge in [-0.2, -0.15) is 0 Å². The number of fused-ring (bicyclic) bond motifs is 1. The maximum absolute atomic E-state index is 5.73. The second kappa shape index (κ2) is 5.14. The van der Waals surface area contributed by atoms with Crippen LogP contribution in [0.3, 0.4) is 0 Å². The Hall–Kier alpha value is -1.89. The van der Waals surface area contributed by atoms with Gasteiger partial charge in [-0.05, 0) is 46.8 Å². The van der Waals surface area contributed by atoms with Gasteiger partial charge >= 0.3 is 0 Å². The molecule has 2 heterocycles. The van der Waals surface area contributed by atoms with Crippen LogP contribution in [0.4, 0.5) is 0 Å². The highest BCUT2D eigenvalue weighted by molar-refractivity contribution is 9.10. The van der Waals surface area contributed by atoms with Crippen LogP contribution in [0.5, 0.6) is 5.75 Å². The molecule has 1 aliphatic carbocycles. The van der Waals surface area contributed by atoms with Gasteiger partial charge in [-0.1, -0.05) is 10.4 Å². The lowest BCUT2D eigenvalue weighted by molar-refractivity contribution is 0.248. The van der Waals surface area contributed by atoms with Gasteiger partial charge in [-0.25, -0.2) is 4.68 Å². The summed E-state index contributed by atoms with van der Waals surface area (Å²) in [7, 11) is 0. The van der Waals surface area contributed by atoms with Crippen molar-refractivity contribution in [3.05, 3.63) is 34.6 Å². The van der Waals surface area contributed by atoms with Crippen molar-refractivity contribution >= 4 is 27.0 Å². The first-order valence-electron chi connectivity index (χ1n) is 6.85. The van der Waals surface area contributed by atoms with Crippen LogP contribution in [0.2, 0.25) is 0 Å². The average molecular weight is 349 g/mol. The van der Waals surface area contributed by atoms with Crippen LogP contribution in [0.25, 0.3) is 11.0 Å². The Bertz CT molecular complexity index is 765. The van der Waals surface area contributed by atoms with E-state index >= 15 is 0 Å². The zero-order valence-electron chi connectivity index (χ0n) is 11.2. The predicted molar refractivity (Wildman–Crippen MR) is 78.8 cm³/mol. The number of halogens is 1. The van der Waals surface area contributed by atoms with Gasteiger partial charge in [0.1, 0.15) is 17.9 Å². The number of hydrogen-bond acceptors (Lipinski definition) is 5. The molecule has 108 valence electrons. The van der Waals surface area contributed by atoms with Gasteiger partial charge < -0.3 is 9.26 Å². The van der Waals surface area contributed by atoms with E-state index in [4.69, 9.17) is 9.26 Å². The van der Waals surface area contributed by atoms with Crippen molar-refractivity contribution in [2.75, 3.05) is 0 Å². The number of hydrogen-bond donors (Lipinski definition) is 0. The molecule has 7 heteroatoms. The summed E-state index contributed by atoms with van der Waals surface area (Å²) < 4.78 is 13.5. The summed E-state index contributed by atoms with van der Waals surface area (Å²) in [5.74, 6) is 2.16. The van der Waals surface area contributed by atoms with E-state index in [2.05, 4.69) is 31.4 Å². The molecule has 0 bridgehead atoms. The van der Waals surface area contributed by atoms with E-state index in [1.165, 1.54) is 12.8 Å². The third kappa shape index (κ3) is 2.53. The molecule has 1 aromatic carbocycles. The minimum Gasteiger partial charge on any atom is -0.484 e. The van der Waals surface area contributed by atoms with Gasteiger partial charge in [0.2, 0.25) is 0 Å². The first-order chi connectivity index (χ1) is 10.3. The van der Waals surface area contributed by atoms with Crippen LogP contribution in [0.1, 0.15) is 18.6 Å². The minimum absolute atomic E-state index is 0.334. The molecule has 6 nitrogen and oxygen atoms in total. The van der Waals surface area contributed by atoms with Crippen molar-refractivity contribution in [2.45, 2.75) is 26.0 Å². The maximum atomic E-state index is 5.73. The summed E-state index contributed by atoms with van der Waals surface area (Å²) in [6.07, 6.45) is 4.18. The van der Waals surface area contributed by atoms with Crippen LogP contribution in [0.15, 0.2) is 33.4 Å². The largest absolute Gasteiger partial charge is 0.484 e. The Balaban J connectivity index is 1.60. The lowest BCUT2D eigenvalue weighted by Gasteiger charge is -2.07. The van der Waals surface area contributed by atoms with E-state index in [-0.39, 0.29) is 0 Å². The predicted octanol–water partition coefficient (Wildman–Crippen LogP) is 3.17. The van der Waals surface area contributed by atoms with E-state index in [9.17, 15) is 0 Å². The third-order valence-corrected chi connectivity index (χ3v) is 4.35. The molecule has 0 aliphatic heterocycles. The second-order valence-electron chi connectivity index (χ2n) is 5.23. The Labute approximate surface area is 129 Å². The molecule has 0 amide bonds. The fraction of sp³-hybridized carbons (Fsp3) is 0.357. The van der Waals surface area contributed by atoms with Gasteiger partial charge in [-0.15, -0.1) is 5.10 Å². The minimum atomic E-state index is 0.334. The highest BCUT2D eigenvalue weighted by Gasteiger charge is 2.23. The van der Waals surface area contributed by atoms with Crippen molar-refractivity contribution in [1.29, 1.82) is 0 Å². The van der Waals surface area contributed by atoms with E-state index < -0.39 is 0 Å². The number of nitrogens with zero attached hydrogens (tertiary/aromatic N) is 4. The zero-order chi connectivity index (χ0) is 14.2. The SMILES string of the molecule is Brc1c(OCc2ccno2)ccc2c1nnn2CC1CC1. The summed E-state index contributed by atoms with van der Waals surface area (Å²) in [5, 5.41) is 12.1. The monoisotopic (exact) mass is 348 g/mol. The fourth-order valence-electron chi connectivity index (χ4n) is 2.24. The van der Waals surface area contributed by atoms with Crippen LogP contribution < -0.4 is 4.74 Å². The van der Waals surface area contributed by atoms with Crippen LogP contribution in [-0.2, 0) is 13.2 Å². The van der Waals surface area contributed by atoms with Crippen molar-refractivity contribution < 1.29 is 9.26 Å². The lowest BCUT2D eigenvalue weighted by Crippen LogP contribution is -2.01. The molecule has 0 saturated heterocycles. The van der Waals surface area contributed by atoms with Crippen molar-refractivity contribution in [1.82, 2.24) is 20.2 Å². The second-order valence-corrected chi connectivity index (χ2v) is 6.02. The number of aromatic nitrogens is 4. The molecule has 1 saturated carbocycles. The molecule has 0 unspecified atom stereocenters. The quantitative estimate of drug-likeness (QED) is 0.708. The van der Waals surface area contributed by atoms with Gasteiger partial charge in [0.15, 0.2) is 5.76 Å². The van der Waals surface area contributed by atoms with Gasteiger partial charge in [-0.3, -0.25) is 0 Å². The highest BCUT2D eigenvalue weighted by atomic mass is 79.9. The molecule has 1 aliphatic rings. The van der Waals surface area contributed by atoms with Gasteiger partial charge in [0.05, 0.1) is 16.2 Å². The summed E-state index contributed by atoms with van der Waals surface area (Å²) in [5.41, 5.74) is 1.85. The first-order valence-corrected chi connectivity index (χ1v) is 7.64. The Kier molecular flexibility index (Phi) is 3.14. The summed E-state index contributed by atoms with van der Waals surface area (Å²) in [4.78, 5) is 0. The molecular formula is C14H13BrN4O2. The first kappa shape index (κ1) is 12.8. The van der Waals surface area contributed by atoms with Crippen LogP contribution in [-0.4, -0.2) is 20.2 Å². The maximum Gasteiger partial charge on any atom is 0.174 e. The van der Waals surface area contributed by atoms with E-state index in [1.807, 2.05) is 16.8 Å². The molecular weight excluding hydrogens is 336 g/mol. The van der Waals surface area contributed by atoms with Crippen molar-refractivity contribution in [3.63, 3.8) is 0 Å². The van der Waals surface area contributed by atoms with Crippen LogP contribution in [0, 0.1) is 5.92 Å². The highest BCUT2D eigenvalue weighted by Crippen LogP contribution is 2.35. The molecule has 0 N–H and O–H groups in total. The van der Waals surface area contributed by atoms with Gasteiger partial charge in [0.25, 0.3) is 0 Å². The van der Waals surface area contributed by atoms with Crippen molar-refractivity contribution in [2.24, 2.45) is 5.92 Å². The Morgan fingerprint density at radius 1 is 1.33 bits per heavy atom. The number of ether oxygens (including phenoxy) is 1. The summed E-state index contributed by atoms with van der Waals surface area (Å²) in [6, 6.07) is 5.70. The number of rotatable bonds is 5. The summed E-state index contributed by atoms with van der Waals surface area (Å²) in [6.45, 7) is 1.28. The smallest absolute Gasteiger partial charge is 0.174 e. The topological polar surface area (TPSA) is 66.0 Å². The fourth-order valence-corrected chi connectivity index (χ4v) is 2.77. The summed E-state index contributed by atoms with van der Waals surface area (Å²) >= 11 is 3.55. The van der Waals surface area contributed by atoms with Crippen molar-refractivity contribution in [3.8, 4) is 5.75 Å². The standard InChI is InChI=1S/C14H13BrN4O2/c15-13-12(20-8-10-5-6-16-21-10)4-3-11-14(13)17-18-19(11)7-9-1-2-9/h3-6,9H,1-2,7-8H2. The molecule has 0 spiro atoms. The molecule has 21 heavy (non-hydrogen) atoms. The number of benzene rings is 1. The molecule has 4 rings (SSSR count). The van der Waals surface area contributed by atoms with Crippen LogP contribution >= 0.6 is 15.9 Å². The zero-order valence-corrected chi connectivity index (χ0v) is 12.8. The Morgan fingerprint density at radius 2 is 2.24 bits per heavy atom. The molecule has 3 aromatic rings. The Morgan fingerprint density at radius 3 is 3.00 bits per heavy atom. The molecule has 0 radical (unpaired) electrons. The third-order valence-electron chi connectivity index (χ3n) is 3.58. The lowest BCUT2D eigenvalue weighted by atomic mass is 10.3. The molecule has 2 aromatic heterocycles. The van der Waals surface area contributed by atoms with E-state index in [1.54, 1.807) is 12.3 Å². The normalized spacial score (nSPS) is 14.7. The van der Waals surface area contributed by atoms with Gasteiger partial charge in [0, 0.05) is 12.6 Å². The van der Waals surface area contributed by atoms with E-state index in [0.29, 0.717) is 12.4 Å². The average Bonchev–Trinajstić information content (AvgIpc) is 2.99. The van der Waals surface area contributed by atoms with E-state index in [0.717, 1.165) is 33.7 Å².